The lowest BCUT2D eigenvalue weighted by Crippen LogP contribution is -2.20. The van der Waals surface area contributed by atoms with Gasteiger partial charge in [0.1, 0.15) is 0 Å². The van der Waals surface area contributed by atoms with Crippen LogP contribution in [0, 0.1) is 12.8 Å². The molecule has 0 aliphatic carbocycles. The zero-order chi connectivity index (χ0) is 12.1. The third-order valence-corrected chi connectivity index (χ3v) is 3.03. The first kappa shape index (κ1) is 13.0. The van der Waals surface area contributed by atoms with Gasteiger partial charge in [-0.2, -0.15) is 0 Å². The van der Waals surface area contributed by atoms with Crippen LogP contribution in [0.2, 0.25) is 0 Å². The monoisotopic (exact) mass is 220 g/mol. The van der Waals surface area contributed by atoms with Gasteiger partial charge in [-0.1, -0.05) is 19.9 Å². The zero-order valence-corrected chi connectivity index (χ0v) is 11.0. The third-order valence-electron chi connectivity index (χ3n) is 3.03. The highest BCUT2D eigenvalue weighted by atomic mass is 15.1. The van der Waals surface area contributed by atoms with Gasteiger partial charge < -0.3 is 10.6 Å². The van der Waals surface area contributed by atoms with Crippen molar-refractivity contribution < 1.29 is 0 Å². The minimum Gasteiger partial charge on any atom is -0.375 e. The van der Waals surface area contributed by atoms with Gasteiger partial charge in [-0.05, 0) is 42.5 Å². The number of anilines is 1. The predicted molar refractivity (Wildman–Crippen MR) is 71.8 cm³/mol. The van der Waals surface area contributed by atoms with Crippen LogP contribution in [0.25, 0.3) is 0 Å². The molecule has 0 spiro atoms. The topological polar surface area (TPSA) is 29.3 Å². The molecule has 2 N–H and O–H groups in total. The van der Waals surface area contributed by atoms with Gasteiger partial charge in [0, 0.05) is 25.8 Å². The normalized spacial score (nSPS) is 10.9. The molecule has 2 heteroatoms. The predicted octanol–water partition coefficient (Wildman–Crippen LogP) is 2.94. The van der Waals surface area contributed by atoms with Crippen LogP contribution >= 0.6 is 0 Å². The number of rotatable bonds is 5. The van der Waals surface area contributed by atoms with Crippen LogP contribution in [-0.4, -0.2) is 13.6 Å². The Morgan fingerprint density at radius 2 is 2.00 bits per heavy atom. The summed E-state index contributed by atoms with van der Waals surface area (Å²) in [4.78, 5) is 2.31. The second-order valence-electron chi connectivity index (χ2n) is 4.92. The molecule has 16 heavy (non-hydrogen) atoms. The SMILES string of the molecule is Cc1cc(N(C)CCC(C)C)ccc1CN. The van der Waals surface area contributed by atoms with Crippen molar-refractivity contribution in [1.82, 2.24) is 0 Å². The Morgan fingerprint density at radius 1 is 1.31 bits per heavy atom. The average molecular weight is 220 g/mol. The van der Waals surface area contributed by atoms with Gasteiger partial charge in [-0.25, -0.2) is 0 Å². The molecule has 0 aliphatic heterocycles. The van der Waals surface area contributed by atoms with Crippen LogP contribution in [0.5, 0.6) is 0 Å². The molecular weight excluding hydrogens is 196 g/mol. The number of aryl methyl sites for hydroxylation is 1. The molecule has 0 aliphatic rings. The van der Waals surface area contributed by atoms with Crippen LogP contribution in [0.15, 0.2) is 18.2 Å². The summed E-state index contributed by atoms with van der Waals surface area (Å²) in [5.41, 5.74) is 9.47. The Balaban J connectivity index is 2.69. The molecule has 1 rings (SSSR count). The number of nitrogens with two attached hydrogens (primary N) is 1. The number of benzene rings is 1. The van der Waals surface area contributed by atoms with E-state index in [9.17, 15) is 0 Å². The molecule has 0 unspecified atom stereocenters. The third kappa shape index (κ3) is 3.53. The quantitative estimate of drug-likeness (QED) is 0.826. The molecule has 0 aromatic heterocycles. The minimum atomic E-state index is 0.627. The standard InChI is InChI=1S/C14H24N2/c1-11(2)7-8-16(4)14-6-5-13(10-15)12(3)9-14/h5-6,9,11H,7-8,10,15H2,1-4H3. The molecule has 0 radical (unpaired) electrons. The smallest absolute Gasteiger partial charge is 0.0366 e. The molecule has 0 saturated heterocycles. The fourth-order valence-corrected chi connectivity index (χ4v) is 1.73. The molecule has 0 heterocycles. The van der Waals surface area contributed by atoms with Crippen LogP contribution in [-0.2, 0) is 6.54 Å². The van der Waals surface area contributed by atoms with E-state index in [1.165, 1.54) is 23.2 Å². The van der Waals surface area contributed by atoms with Crippen LogP contribution < -0.4 is 10.6 Å². The fraction of sp³-hybridized carbons (Fsp3) is 0.571. The van der Waals surface area contributed by atoms with Gasteiger partial charge in [0.05, 0.1) is 0 Å². The molecule has 0 atom stereocenters. The highest BCUT2D eigenvalue weighted by Crippen LogP contribution is 2.18. The van der Waals surface area contributed by atoms with E-state index < -0.39 is 0 Å². The van der Waals surface area contributed by atoms with E-state index in [4.69, 9.17) is 5.73 Å². The van der Waals surface area contributed by atoms with Crippen molar-refractivity contribution in [2.75, 3.05) is 18.5 Å². The average Bonchev–Trinajstić information content (AvgIpc) is 2.25. The van der Waals surface area contributed by atoms with Gasteiger partial charge in [-0.15, -0.1) is 0 Å². The maximum atomic E-state index is 5.66. The Labute approximate surface area is 99.5 Å². The number of hydrogen-bond acceptors (Lipinski definition) is 2. The fourth-order valence-electron chi connectivity index (χ4n) is 1.73. The van der Waals surface area contributed by atoms with Crippen molar-refractivity contribution in [2.24, 2.45) is 11.7 Å². The van der Waals surface area contributed by atoms with Crippen LogP contribution in [0.1, 0.15) is 31.4 Å². The maximum Gasteiger partial charge on any atom is 0.0366 e. The van der Waals surface area contributed by atoms with Gasteiger partial charge in [0.25, 0.3) is 0 Å². The summed E-state index contributed by atoms with van der Waals surface area (Å²) >= 11 is 0. The number of nitrogens with zero attached hydrogens (tertiary/aromatic N) is 1. The Kier molecular flexibility index (Phi) is 4.81. The summed E-state index contributed by atoms with van der Waals surface area (Å²) in [5.74, 6) is 0.756. The molecule has 90 valence electrons. The lowest BCUT2D eigenvalue weighted by atomic mass is 10.1. The van der Waals surface area contributed by atoms with E-state index in [1.54, 1.807) is 0 Å². The summed E-state index contributed by atoms with van der Waals surface area (Å²) in [5, 5.41) is 0. The lowest BCUT2D eigenvalue weighted by Gasteiger charge is -2.21. The van der Waals surface area contributed by atoms with Gasteiger partial charge >= 0.3 is 0 Å². The summed E-state index contributed by atoms with van der Waals surface area (Å²) in [6.07, 6.45) is 1.23. The van der Waals surface area contributed by atoms with E-state index in [1.807, 2.05) is 0 Å². The van der Waals surface area contributed by atoms with E-state index in [2.05, 4.69) is 50.9 Å². The summed E-state index contributed by atoms with van der Waals surface area (Å²) in [6.45, 7) is 8.39. The Morgan fingerprint density at radius 3 is 2.50 bits per heavy atom. The van der Waals surface area contributed by atoms with Crippen LogP contribution in [0.3, 0.4) is 0 Å². The number of hydrogen-bond donors (Lipinski definition) is 1. The Hall–Kier alpha value is -1.02. The lowest BCUT2D eigenvalue weighted by molar-refractivity contribution is 0.585. The molecule has 0 amide bonds. The van der Waals surface area contributed by atoms with Gasteiger partial charge in [0.2, 0.25) is 0 Å². The first-order valence-corrected chi connectivity index (χ1v) is 6.05. The highest BCUT2D eigenvalue weighted by Gasteiger charge is 2.04. The molecule has 1 aromatic carbocycles. The maximum absolute atomic E-state index is 5.66. The van der Waals surface area contributed by atoms with Crippen LogP contribution in [0.4, 0.5) is 5.69 Å². The highest BCUT2D eigenvalue weighted by molar-refractivity contribution is 5.50. The van der Waals surface area contributed by atoms with Crippen molar-refractivity contribution in [1.29, 1.82) is 0 Å². The molecule has 0 fully saturated rings. The van der Waals surface area contributed by atoms with E-state index >= 15 is 0 Å². The zero-order valence-electron chi connectivity index (χ0n) is 11.0. The summed E-state index contributed by atoms with van der Waals surface area (Å²) < 4.78 is 0. The second kappa shape index (κ2) is 5.90. The molecular formula is C14H24N2. The van der Waals surface area contributed by atoms with Gasteiger partial charge in [0.15, 0.2) is 0 Å². The van der Waals surface area contributed by atoms with E-state index in [-0.39, 0.29) is 0 Å². The van der Waals surface area contributed by atoms with E-state index in [0.717, 1.165) is 12.5 Å². The molecule has 1 aromatic rings. The van der Waals surface area contributed by atoms with Crippen molar-refractivity contribution in [2.45, 2.75) is 33.7 Å². The molecule has 0 bridgehead atoms. The van der Waals surface area contributed by atoms with Crippen molar-refractivity contribution in [3.63, 3.8) is 0 Å². The van der Waals surface area contributed by atoms with Crippen molar-refractivity contribution in [3.8, 4) is 0 Å². The van der Waals surface area contributed by atoms with Gasteiger partial charge in [-0.3, -0.25) is 0 Å². The molecule has 2 nitrogen and oxygen atoms in total. The first-order chi connectivity index (χ1) is 7.54. The summed E-state index contributed by atoms with van der Waals surface area (Å²) in [6, 6.07) is 6.52. The second-order valence-corrected chi connectivity index (χ2v) is 4.92. The Bertz CT molecular complexity index is 332. The first-order valence-electron chi connectivity index (χ1n) is 6.05. The molecule has 0 saturated carbocycles. The van der Waals surface area contributed by atoms with Crippen molar-refractivity contribution >= 4 is 5.69 Å². The summed E-state index contributed by atoms with van der Waals surface area (Å²) in [7, 11) is 2.15. The van der Waals surface area contributed by atoms with E-state index in [0.29, 0.717) is 6.54 Å². The van der Waals surface area contributed by atoms with Crippen molar-refractivity contribution in [3.05, 3.63) is 29.3 Å². The minimum absolute atomic E-state index is 0.627. The largest absolute Gasteiger partial charge is 0.375 e.